The van der Waals surface area contributed by atoms with Crippen molar-refractivity contribution in [2.75, 3.05) is 5.73 Å². The van der Waals surface area contributed by atoms with Crippen molar-refractivity contribution in [3.8, 4) is 11.3 Å². The molecule has 0 saturated carbocycles. The summed E-state index contributed by atoms with van der Waals surface area (Å²) in [5.41, 5.74) is 6.59. The van der Waals surface area contributed by atoms with Crippen LogP contribution in [0, 0.1) is 6.92 Å². The highest BCUT2D eigenvalue weighted by atomic mass is 16.3. The van der Waals surface area contributed by atoms with Gasteiger partial charge in [0, 0.05) is 6.20 Å². The number of hydrogen-bond acceptors (Lipinski definition) is 2. The zero-order valence-electron chi connectivity index (χ0n) is 6.79. The van der Waals surface area contributed by atoms with Gasteiger partial charge in [0.1, 0.15) is 17.3 Å². The lowest BCUT2D eigenvalue weighted by Crippen LogP contribution is -1.85. The Kier molecular flexibility index (Phi) is 1.43. The van der Waals surface area contributed by atoms with Gasteiger partial charge in [0.25, 0.3) is 0 Å². The van der Waals surface area contributed by atoms with Crippen LogP contribution in [0.15, 0.2) is 28.8 Å². The highest BCUT2D eigenvalue weighted by Crippen LogP contribution is 2.26. The van der Waals surface area contributed by atoms with Crippen LogP contribution in [0.1, 0.15) is 5.76 Å². The van der Waals surface area contributed by atoms with Crippen LogP contribution in [0.25, 0.3) is 11.3 Å². The van der Waals surface area contributed by atoms with Crippen LogP contribution in [0.3, 0.4) is 0 Å². The third kappa shape index (κ3) is 0.993. The number of furan rings is 1. The van der Waals surface area contributed by atoms with E-state index in [0.717, 1.165) is 17.1 Å². The number of nitrogens with two attached hydrogens (primary N) is 1. The lowest BCUT2D eigenvalue weighted by atomic mass is 10.2. The first-order valence-corrected chi connectivity index (χ1v) is 3.77. The van der Waals surface area contributed by atoms with Crippen molar-refractivity contribution in [1.82, 2.24) is 4.98 Å². The summed E-state index contributed by atoms with van der Waals surface area (Å²) in [6.07, 6.45) is 1.79. The van der Waals surface area contributed by atoms with Gasteiger partial charge in [0.15, 0.2) is 0 Å². The molecule has 2 rings (SSSR count). The van der Waals surface area contributed by atoms with Gasteiger partial charge in [-0.1, -0.05) is 0 Å². The second-order valence-corrected chi connectivity index (χ2v) is 2.72. The van der Waals surface area contributed by atoms with E-state index in [1.165, 1.54) is 0 Å². The van der Waals surface area contributed by atoms with Crippen LogP contribution in [0.5, 0.6) is 0 Å². The molecule has 0 unspecified atom stereocenters. The smallest absolute Gasteiger partial charge is 0.137 e. The number of hydrogen-bond donors (Lipinski definition) is 2. The zero-order valence-corrected chi connectivity index (χ0v) is 6.79. The predicted molar refractivity (Wildman–Crippen MR) is 47.6 cm³/mol. The summed E-state index contributed by atoms with van der Waals surface area (Å²) in [4.78, 5) is 2.89. The Balaban J connectivity index is 2.50. The molecule has 0 aromatic carbocycles. The lowest BCUT2D eigenvalue weighted by Gasteiger charge is -1.92. The highest BCUT2D eigenvalue weighted by Gasteiger charge is 2.06. The molecule has 0 radical (unpaired) electrons. The van der Waals surface area contributed by atoms with Crippen molar-refractivity contribution >= 4 is 5.82 Å². The number of nitrogen functional groups attached to an aromatic ring is 1. The topological polar surface area (TPSA) is 55.0 Å². The maximum atomic E-state index is 5.67. The molecule has 62 valence electrons. The molecule has 3 N–H and O–H groups in total. The fourth-order valence-corrected chi connectivity index (χ4v) is 1.18. The van der Waals surface area contributed by atoms with Gasteiger partial charge in [-0.3, -0.25) is 0 Å². The van der Waals surface area contributed by atoms with Crippen molar-refractivity contribution in [2.45, 2.75) is 6.92 Å². The number of H-pyrrole nitrogens is 1. The molecule has 0 saturated heterocycles. The molecule has 2 heterocycles. The summed E-state index contributed by atoms with van der Waals surface area (Å²) < 4.78 is 5.41. The van der Waals surface area contributed by atoms with Crippen molar-refractivity contribution in [3.05, 3.63) is 30.2 Å². The average Bonchev–Trinajstić information content (AvgIpc) is 2.58. The Labute approximate surface area is 70.2 Å². The van der Waals surface area contributed by atoms with Gasteiger partial charge >= 0.3 is 0 Å². The highest BCUT2D eigenvalue weighted by molar-refractivity contribution is 5.70. The maximum absolute atomic E-state index is 5.67. The molecule has 0 atom stereocenters. The quantitative estimate of drug-likeness (QED) is 0.675. The molecule has 3 nitrogen and oxygen atoms in total. The van der Waals surface area contributed by atoms with Crippen LogP contribution in [-0.2, 0) is 0 Å². The first kappa shape index (κ1) is 7.03. The average molecular weight is 162 g/mol. The molecule has 0 bridgehead atoms. The summed E-state index contributed by atoms with van der Waals surface area (Å²) in [6, 6.07) is 5.73. The van der Waals surface area contributed by atoms with Crippen LogP contribution in [0.2, 0.25) is 0 Å². The van der Waals surface area contributed by atoms with E-state index in [9.17, 15) is 0 Å². The second kappa shape index (κ2) is 2.44. The molecule has 0 spiro atoms. The lowest BCUT2D eigenvalue weighted by molar-refractivity contribution is 0.548. The van der Waals surface area contributed by atoms with E-state index in [1.54, 1.807) is 6.20 Å². The molecule has 0 aliphatic carbocycles. The van der Waals surface area contributed by atoms with E-state index in [4.69, 9.17) is 10.2 Å². The van der Waals surface area contributed by atoms with E-state index in [1.807, 2.05) is 25.1 Å². The molecular formula is C9H10N2O. The van der Waals surface area contributed by atoms with Crippen LogP contribution in [-0.4, -0.2) is 4.98 Å². The van der Waals surface area contributed by atoms with Gasteiger partial charge in [0.2, 0.25) is 0 Å². The number of aromatic nitrogens is 1. The minimum absolute atomic E-state index is 0.643. The second-order valence-electron chi connectivity index (χ2n) is 2.72. The Morgan fingerprint density at radius 1 is 1.33 bits per heavy atom. The number of aryl methyl sites for hydroxylation is 1. The summed E-state index contributed by atoms with van der Waals surface area (Å²) in [5.74, 6) is 2.35. The zero-order chi connectivity index (χ0) is 8.55. The number of nitrogens with one attached hydrogen (secondary N) is 1. The third-order valence-corrected chi connectivity index (χ3v) is 1.78. The van der Waals surface area contributed by atoms with Gasteiger partial charge in [-0.15, -0.1) is 0 Å². The summed E-state index contributed by atoms with van der Waals surface area (Å²) in [6.45, 7) is 1.91. The first-order chi connectivity index (χ1) is 5.77. The molecule has 2 aromatic heterocycles. The van der Waals surface area contributed by atoms with Gasteiger partial charge in [-0.05, 0) is 25.1 Å². The standard InChI is InChI=1S/C9H10N2O/c1-6-2-3-8(12-6)7-4-5-11-9(7)10/h2-5,11H,10H2,1H3. The van der Waals surface area contributed by atoms with E-state index in [-0.39, 0.29) is 0 Å². The van der Waals surface area contributed by atoms with Gasteiger partial charge in [0.05, 0.1) is 5.56 Å². The molecule has 0 amide bonds. The molecule has 2 aromatic rings. The van der Waals surface area contributed by atoms with Gasteiger partial charge < -0.3 is 15.1 Å². The molecule has 0 aliphatic heterocycles. The van der Waals surface area contributed by atoms with E-state index >= 15 is 0 Å². The normalized spacial score (nSPS) is 10.4. The Hall–Kier alpha value is -1.64. The van der Waals surface area contributed by atoms with E-state index < -0.39 is 0 Å². The van der Waals surface area contributed by atoms with Gasteiger partial charge in [-0.2, -0.15) is 0 Å². The van der Waals surface area contributed by atoms with E-state index in [2.05, 4.69) is 4.98 Å². The molecule has 12 heavy (non-hydrogen) atoms. The Morgan fingerprint density at radius 3 is 2.67 bits per heavy atom. The van der Waals surface area contributed by atoms with Gasteiger partial charge in [-0.25, -0.2) is 0 Å². The summed E-state index contributed by atoms with van der Waals surface area (Å²) in [7, 11) is 0. The number of aromatic amines is 1. The fraction of sp³-hybridized carbons (Fsp3) is 0.111. The number of anilines is 1. The van der Waals surface area contributed by atoms with Crippen LogP contribution < -0.4 is 5.73 Å². The van der Waals surface area contributed by atoms with E-state index in [0.29, 0.717) is 5.82 Å². The van der Waals surface area contributed by atoms with Crippen molar-refractivity contribution in [1.29, 1.82) is 0 Å². The Morgan fingerprint density at radius 2 is 2.17 bits per heavy atom. The van der Waals surface area contributed by atoms with Crippen molar-refractivity contribution in [2.24, 2.45) is 0 Å². The third-order valence-electron chi connectivity index (χ3n) is 1.78. The van der Waals surface area contributed by atoms with Crippen LogP contribution in [0.4, 0.5) is 5.82 Å². The summed E-state index contributed by atoms with van der Waals surface area (Å²) >= 11 is 0. The number of rotatable bonds is 1. The maximum Gasteiger partial charge on any atom is 0.137 e. The first-order valence-electron chi connectivity index (χ1n) is 3.77. The van der Waals surface area contributed by atoms with Crippen molar-refractivity contribution < 1.29 is 4.42 Å². The minimum Gasteiger partial charge on any atom is -0.461 e. The minimum atomic E-state index is 0.643. The SMILES string of the molecule is Cc1ccc(-c2cc[nH]c2N)o1. The fourth-order valence-electron chi connectivity index (χ4n) is 1.18. The molecular weight excluding hydrogens is 152 g/mol. The summed E-state index contributed by atoms with van der Waals surface area (Å²) in [5, 5.41) is 0. The monoisotopic (exact) mass is 162 g/mol. The largest absolute Gasteiger partial charge is 0.461 e. The van der Waals surface area contributed by atoms with Crippen LogP contribution >= 0.6 is 0 Å². The molecule has 0 fully saturated rings. The Bertz CT molecular complexity index is 387. The van der Waals surface area contributed by atoms with Crippen molar-refractivity contribution in [3.63, 3.8) is 0 Å². The molecule has 0 aliphatic rings. The predicted octanol–water partition coefficient (Wildman–Crippen LogP) is 2.17. The molecule has 3 heteroatoms.